The Balaban J connectivity index is 1.17. The molecule has 1 aliphatic carbocycles. The summed E-state index contributed by atoms with van der Waals surface area (Å²) >= 11 is 12.0. The van der Waals surface area contributed by atoms with Gasteiger partial charge in [0.05, 0.1) is 17.5 Å². The second-order valence-electron chi connectivity index (χ2n) is 9.99. The zero-order chi connectivity index (χ0) is 28.1. The first-order chi connectivity index (χ1) is 19.3. The van der Waals surface area contributed by atoms with Crippen molar-refractivity contribution in [3.05, 3.63) is 76.8 Å². The van der Waals surface area contributed by atoms with Crippen LogP contribution < -0.4 is 20.1 Å². The zero-order valence-electron chi connectivity index (χ0n) is 22.0. The summed E-state index contributed by atoms with van der Waals surface area (Å²) in [6.45, 7) is 1.14. The van der Waals surface area contributed by atoms with Crippen LogP contribution in [0.2, 0.25) is 10.0 Å². The van der Waals surface area contributed by atoms with E-state index in [1.54, 1.807) is 7.11 Å². The second-order valence-corrected chi connectivity index (χ2v) is 12.6. The Bertz CT molecular complexity index is 1570. The summed E-state index contributed by atoms with van der Waals surface area (Å²) in [5.74, 6) is 2.78. The van der Waals surface area contributed by atoms with Gasteiger partial charge in [0.2, 0.25) is 16.0 Å². The molecular weight excluding hydrogens is 569 g/mol. The Morgan fingerprint density at radius 1 is 0.875 bits per heavy atom. The van der Waals surface area contributed by atoms with Crippen molar-refractivity contribution in [2.45, 2.75) is 30.6 Å². The number of methoxy groups -OCH3 is 1. The van der Waals surface area contributed by atoms with Crippen LogP contribution in [-0.2, 0) is 10.0 Å². The van der Waals surface area contributed by atoms with Crippen molar-refractivity contribution in [2.24, 2.45) is 11.8 Å². The highest BCUT2D eigenvalue weighted by Crippen LogP contribution is 2.31. The fraction of sp³-hybridized carbons (Fsp3) is 0.310. The second kappa shape index (κ2) is 12.6. The Morgan fingerprint density at radius 2 is 1.57 bits per heavy atom. The lowest BCUT2D eigenvalue weighted by Crippen LogP contribution is -2.32. The van der Waals surface area contributed by atoms with E-state index >= 15 is 0 Å². The molecule has 1 heterocycles. The molecule has 11 heteroatoms. The SMILES string of the molecule is COc1cccc(Nc2nc(NCC3CCC(CNS(=O)(=O)c4cc(Cl)cc(Cl)c4)CC3)nc3ccccc23)c1. The van der Waals surface area contributed by atoms with Crippen molar-refractivity contribution in [2.75, 3.05) is 30.8 Å². The number of nitrogens with zero attached hydrogens (tertiary/aromatic N) is 2. The van der Waals surface area contributed by atoms with Crippen LogP contribution >= 0.6 is 23.2 Å². The van der Waals surface area contributed by atoms with Gasteiger partial charge in [0, 0.05) is 40.3 Å². The Hall–Kier alpha value is -3.11. The van der Waals surface area contributed by atoms with E-state index < -0.39 is 10.0 Å². The highest BCUT2D eigenvalue weighted by molar-refractivity contribution is 7.89. The van der Waals surface area contributed by atoms with Gasteiger partial charge in [-0.2, -0.15) is 4.98 Å². The van der Waals surface area contributed by atoms with Gasteiger partial charge in [0.25, 0.3) is 0 Å². The molecule has 0 spiro atoms. The fourth-order valence-corrected chi connectivity index (χ4v) is 6.80. The molecule has 5 rings (SSSR count). The number of rotatable bonds is 10. The Labute approximate surface area is 244 Å². The molecule has 1 aliphatic rings. The van der Waals surface area contributed by atoms with Gasteiger partial charge in [-0.1, -0.05) is 41.4 Å². The molecule has 3 aromatic carbocycles. The van der Waals surface area contributed by atoms with Gasteiger partial charge in [0.1, 0.15) is 11.6 Å². The molecule has 0 unspecified atom stereocenters. The minimum atomic E-state index is -3.67. The lowest BCUT2D eigenvalue weighted by molar-refractivity contribution is 0.284. The van der Waals surface area contributed by atoms with Crippen molar-refractivity contribution in [1.29, 1.82) is 0 Å². The molecule has 0 atom stereocenters. The first kappa shape index (κ1) is 28.4. The van der Waals surface area contributed by atoms with Gasteiger partial charge in [0.15, 0.2) is 0 Å². The van der Waals surface area contributed by atoms with E-state index in [9.17, 15) is 8.42 Å². The first-order valence-corrected chi connectivity index (χ1v) is 15.4. The van der Waals surface area contributed by atoms with Crippen molar-refractivity contribution in [1.82, 2.24) is 14.7 Å². The molecule has 0 radical (unpaired) electrons. The largest absolute Gasteiger partial charge is 0.497 e. The molecule has 0 saturated heterocycles. The molecule has 40 heavy (non-hydrogen) atoms. The molecule has 0 amide bonds. The molecule has 0 aliphatic heterocycles. The van der Waals surface area contributed by atoms with Gasteiger partial charge in [-0.05, 0) is 80.0 Å². The van der Waals surface area contributed by atoms with Gasteiger partial charge in [-0.3, -0.25) is 0 Å². The summed E-state index contributed by atoms with van der Waals surface area (Å²) in [5, 5.41) is 8.35. The number of hydrogen-bond donors (Lipinski definition) is 3. The van der Waals surface area contributed by atoms with E-state index in [2.05, 4.69) is 15.4 Å². The Kier molecular flexibility index (Phi) is 8.95. The highest BCUT2D eigenvalue weighted by Gasteiger charge is 2.24. The predicted molar refractivity (Wildman–Crippen MR) is 161 cm³/mol. The maximum absolute atomic E-state index is 12.7. The molecule has 1 fully saturated rings. The van der Waals surface area contributed by atoms with Crippen LogP contribution in [0.4, 0.5) is 17.5 Å². The van der Waals surface area contributed by atoms with E-state index in [-0.39, 0.29) is 10.8 Å². The van der Waals surface area contributed by atoms with Gasteiger partial charge in [-0.15, -0.1) is 0 Å². The molecule has 1 aromatic heterocycles. The van der Waals surface area contributed by atoms with E-state index in [0.29, 0.717) is 28.5 Å². The van der Waals surface area contributed by atoms with Crippen LogP contribution in [0.5, 0.6) is 5.75 Å². The van der Waals surface area contributed by atoms with Crippen LogP contribution in [0.25, 0.3) is 10.9 Å². The van der Waals surface area contributed by atoms with Crippen LogP contribution in [0.3, 0.4) is 0 Å². The topological polar surface area (TPSA) is 105 Å². The third-order valence-corrected chi connectivity index (χ3v) is 9.00. The summed E-state index contributed by atoms with van der Waals surface area (Å²) < 4.78 is 33.5. The molecule has 210 valence electrons. The smallest absolute Gasteiger partial charge is 0.240 e. The minimum absolute atomic E-state index is 0.0820. The average molecular weight is 601 g/mol. The summed E-state index contributed by atoms with van der Waals surface area (Å²) in [7, 11) is -2.03. The number of hydrogen-bond acceptors (Lipinski definition) is 7. The highest BCUT2D eigenvalue weighted by atomic mass is 35.5. The van der Waals surface area contributed by atoms with Crippen LogP contribution in [0.1, 0.15) is 25.7 Å². The first-order valence-electron chi connectivity index (χ1n) is 13.2. The van der Waals surface area contributed by atoms with E-state index in [4.69, 9.17) is 37.9 Å². The predicted octanol–water partition coefficient (Wildman–Crippen LogP) is 6.89. The number of aromatic nitrogens is 2. The minimum Gasteiger partial charge on any atom is -0.497 e. The summed E-state index contributed by atoms with van der Waals surface area (Å²) in [4.78, 5) is 9.59. The maximum Gasteiger partial charge on any atom is 0.240 e. The molecule has 3 N–H and O–H groups in total. The number of para-hydroxylation sites is 1. The normalized spacial score (nSPS) is 17.5. The van der Waals surface area contributed by atoms with Crippen LogP contribution in [-0.4, -0.2) is 38.6 Å². The number of anilines is 3. The average Bonchev–Trinajstić information content (AvgIpc) is 2.95. The Morgan fingerprint density at radius 3 is 2.30 bits per heavy atom. The third-order valence-electron chi connectivity index (χ3n) is 7.16. The van der Waals surface area contributed by atoms with Crippen molar-refractivity contribution < 1.29 is 13.2 Å². The number of nitrogens with one attached hydrogen (secondary N) is 3. The van der Waals surface area contributed by atoms with Crippen molar-refractivity contribution in [3.63, 3.8) is 0 Å². The van der Waals surface area contributed by atoms with E-state index in [1.165, 1.54) is 18.2 Å². The quantitative estimate of drug-likeness (QED) is 0.182. The standard InChI is InChI=1S/C29H31Cl2N5O3S/c1-39-24-6-4-5-23(16-24)34-28-26-7-2-3-8-27(26)35-29(36-28)32-17-19-9-11-20(12-10-19)18-33-40(37,38)25-14-21(30)13-22(31)15-25/h2-8,13-16,19-20,33H,9-12,17-18H2,1H3,(H2,32,34,35,36). The van der Waals surface area contributed by atoms with Gasteiger partial charge in [-0.25, -0.2) is 18.1 Å². The number of sulfonamides is 1. The van der Waals surface area contributed by atoms with E-state index in [1.807, 2.05) is 48.5 Å². The summed E-state index contributed by atoms with van der Waals surface area (Å²) in [6, 6.07) is 20.0. The van der Waals surface area contributed by atoms with Crippen molar-refractivity contribution >= 4 is 61.6 Å². The third kappa shape index (κ3) is 7.14. The van der Waals surface area contributed by atoms with Crippen LogP contribution in [0.15, 0.2) is 71.6 Å². The number of ether oxygens (including phenoxy) is 1. The summed E-state index contributed by atoms with van der Waals surface area (Å²) in [5.41, 5.74) is 1.73. The zero-order valence-corrected chi connectivity index (χ0v) is 24.4. The lowest BCUT2D eigenvalue weighted by Gasteiger charge is -2.28. The summed E-state index contributed by atoms with van der Waals surface area (Å²) in [6.07, 6.45) is 3.86. The molecule has 1 saturated carbocycles. The molecule has 4 aromatic rings. The van der Waals surface area contributed by atoms with Crippen LogP contribution in [0, 0.1) is 11.8 Å². The lowest BCUT2D eigenvalue weighted by atomic mass is 9.82. The number of fused-ring (bicyclic) bond motifs is 1. The maximum atomic E-state index is 12.7. The number of halogens is 2. The number of benzene rings is 3. The molecule has 0 bridgehead atoms. The molecular formula is C29H31Cl2N5O3S. The van der Waals surface area contributed by atoms with Crippen molar-refractivity contribution in [3.8, 4) is 5.75 Å². The molecule has 8 nitrogen and oxygen atoms in total. The van der Waals surface area contributed by atoms with Gasteiger partial charge < -0.3 is 15.4 Å². The van der Waals surface area contributed by atoms with E-state index in [0.717, 1.165) is 60.4 Å². The monoisotopic (exact) mass is 599 g/mol. The van der Waals surface area contributed by atoms with Gasteiger partial charge >= 0.3 is 0 Å². The fourth-order valence-electron chi connectivity index (χ4n) is 4.96.